The summed E-state index contributed by atoms with van der Waals surface area (Å²) in [7, 11) is 0. The van der Waals surface area contributed by atoms with Gasteiger partial charge < -0.3 is 0 Å². The fourth-order valence-electron chi connectivity index (χ4n) is 3.68. The normalized spacial score (nSPS) is 18.2. The molecule has 2 aromatic rings. The van der Waals surface area contributed by atoms with E-state index in [1.165, 1.54) is 56.9 Å². The number of nitrogens with zero attached hydrogens (tertiary/aromatic N) is 1. The van der Waals surface area contributed by atoms with Crippen LogP contribution in [0.3, 0.4) is 0 Å². The second-order valence-electron chi connectivity index (χ2n) is 6.30. The van der Waals surface area contributed by atoms with E-state index in [4.69, 9.17) is 0 Å². The lowest BCUT2D eigenvalue weighted by atomic mass is 9.80. The predicted octanol–water partition coefficient (Wildman–Crippen LogP) is 6.26. The summed E-state index contributed by atoms with van der Waals surface area (Å²) < 4.78 is 1.32. The van der Waals surface area contributed by atoms with Gasteiger partial charge in [0.2, 0.25) is 0 Å². The Kier molecular flexibility index (Phi) is 5.09. The van der Waals surface area contributed by atoms with Crippen LogP contribution in [0.15, 0.2) is 53.0 Å². The van der Waals surface area contributed by atoms with Crippen LogP contribution < -0.4 is 0 Å². The molecule has 3 aliphatic rings. The number of allylic oxidation sites excluding steroid dienone is 4. The molecule has 0 spiro atoms. The molecule has 0 unspecified atom stereocenters. The zero-order valence-corrected chi connectivity index (χ0v) is 16.6. The molecular weight excluding hydrogens is 425 g/mol. The molecule has 24 heavy (non-hydrogen) atoms. The molecule has 0 N–H and O–H groups in total. The third-order valence-corrected chi connectivity index (χ3v) is 6.21. The lowest BCUT2D eigenvalue weighted by molar-refractivity contribution is 0.831. The van der Waals surface area contributed by atoms with Crippen LogP contribution in [0.5, 0.6) is 0 Å². The topological polar surface area (TPSA) is 12.4 Å². The van der Waals surface area contributed by atoms with Crippen LogP contribution in [0, 0.1) is 3.57 Å². The van der Waals surface area contributed by atoms with Gasteiger partial charge in [-0.3, -0.25) is 4.99 Å². The monoisotopic (exact) mass is 445 g/mol. The first kappa shape index (κ1) is 16.4. The number of fused-ring (bicyclic) bond motifs is 4. The first-order chi connectivity index (χ1) is 11.8. The van der Waals surface area contributed by atoms with E-state index in [-0.39, 0.29) is 0 Å². The van der Waals surface area contributed by atoms with Gasteiger partial charge in [0.25, 0.3) is 0 Å². The fourth-order valence-corrected chi connectivity index (χ4v) is 4.72. The Morgan fingerprint density at radius 3 is 2.79 bits per heavy atom. The number of rotatable bonds is 0. The second-order valence-corrected chi connectivity index (χ2v) is 8.50. The molecule has 1 nitrogen and oxygen atoms in total. The number of aliphatic imine (C=N–C) groups is 1. The van der Waals surface area contributed by atoms with E-state index in [1.807, 2.05) is 5.55 Å². The maximum Gasteiger partial charge on any atom is 0.0542 e. The molecule has 2 aliphatic carbocycles. The Labute approximate surface area is 161 Å². The number of hydrogen-bond acceptors (Lipinski definition) is 2. The maximum atomic E-state index is 3.92. The summed E-state index contributed by atoms with van der Waals surface area (Å²) in [5, 5.41) is 2.83. The third-order valence-electron chi connectivity index (χ3n) is 4.83. The van der Waals surface area contributed by atoms with Crippen molar-refractivity contribution >= 4 is 56.2 Å². The number of thioether (sulfide) groups is 1. The zero-order chi connectivity index (χ0) is 16.4. The van der Waals surface area contributed by atoms with Crippen molar-refractivity contribution in [1.29, 1.82) is 0 Å². The smallest absolute Gasteiger partial charge is 0.0542 e. The minimum absolute atomic E-state index is 1.03. The van der Waals surface area contributed by atoms with Crippen LogP contribution in [-0.2, 0) is 6.42 Å². The molecule has 0 atom stereocenters. The SMILES string of the molecule is C1=NCCS1.Ic1ccc2c3c(ccc2c1)C1=C(CCC=C1)CC3. The van der Waals surface area contributed by atoms with Gasteiger partial charge in [-0.2, -0.15) is 0 Å². The summed E-state index contributed by atoms with van der Waals surface area (Å²) >= 11 is 4.18. The van der Waals surface area contributed by atoms with E-state index in [1.54, 1.807) is 22.9 Å². The van der Waals surface area contributed by atoms with Crippen LogP contribution >= 0.6 is 34.4 Å². The van der Waals surface area contributed by atoms with E-state index in [9.17, 15) is 0 Å². The average molecular weight is 445 g/mol. The van der Waals surface area contributed by atoms with Crippen molar-refractivity contribution in [2.45, 2.75) is 25.7 Å². The zero-order valence-electron chi connectivity index (χ0n) is 13.6. The molecular formula is C21H20INS. The van der Waals surface area contributed by atoms with Gasteiger partial charge in [0.1, 0.15) is 0 Å². The first-order valence-corrected chi connectivity index (χ1v) is 10.7. The highest BCUT2D eigenvalue weighted by molar-refractivity contribution is 14.1. The number of benzene rings is 2. The molecule has 0 bridgehead atoms. The molecule has 3 heteroatoms. The van der Waals surface area contributed by atoms with Crippen molar-refractivity contribution in [3.8, 4) is 0 Å². The fraction of sp³-hybridized carbons (Fsp3) is 0.286. The van der Waals surface area contributed by atoms with Gasteiger partial charge >= 0.3 is 0 Å². The minimum atomic E-state index is 1.03. The van der Waals surface area contributed by atoms with E-state index in [0.717, 1.165) is 6.54 Å². The predicted molar refractivity (Wildman–Crippen MR) is 116 cm³/mol. The Morgan fingerprint density at radius 2 is 2.00 bits per heavy atom. The van der Waals surface area contributed by atoms with Gasteiger partial charge in [-0.1, -0.05) is 35.9 Å². The maximum absolute atomic E-state index is 3.92. The summed E-state index contributed by atoms with van der Waals surface area (Å²) in [6.45, 7) is 1.03. The molecule has 0 radical (unpaired) electrons. The Bertz CT molecular complexity index is 858. The van der Waals surface area contributed by atoms with Crippen molar-refractivity contribution in [3.05, 3.63) is 62.8 Å². The standard InChI is InChI=1S/C18H15I.C3H5NS/c19-14-7-10-16-13(11-14)6-9-17-15-4-2-1-3-12(15)5-8-18(16)17;1-2-5-3-4-1/h2,4,6-7,9-11H,1,3,5,8H2;3H,1-2H2. The van der Waals surface area contributed by atoms with Crippen LogP contribution in [0.1, 0.15) is 30.4 Å². The number of halogens is 1. The molecule has 0 aromatic heterocycles. The van der Waals surface area contributed by atoms with Gasteiger partial charge in [0.15, 0.2) is 0 Å². The lowest BCUT2D eigenvalue weighted by Crippen LogP contribution is -2.07. The summed E-state index contributed by atoms with van der Waals surface area (Å²) in [5.74, 6) is 1.19. The molecule has 1 heterocycles. The number of aryl methyl sites for hydroxylation is 1. The van der Waals surface area contributed by atoms with Crippen molar-refractivity contribution < 1.29 is 0 Å². The van der Waals surface area contributed by atoms with Gasteiger partial charge in [-0.25, -0.2) is 0 Å². The minimum Gasteiger partial charge on any atom is -0.285 e. The summed E-state index contributed by atoms with van der Waals surface area (Å²) in [6.07, 6.45) is 9.61. The second kappa shape index (κ2) is 7.44. The van der Waals surface area contributed by atoms with E-state index in [2.05, 4.69) is 70.1 Å². The summed E-state index contributed by atoms with van der Waals surface area (Å²) in [5.41, 5.74) is 8.11. The highest BCUT2D eigenvalue weighted by Gasteiger charge is 2.20. The number of hydrogen-bond donors (Lipinski definition) is 0. The Balaban J connectivity index is 0.000000252. The summed E-state index contributed by atoms with van der Waals surface area (Å²) in [6, 6.07) is 11.4. The van der Waals surface area contributed by atoms with Gasteiger partial charge in [-0.05, 0) is 87.9 Å². The van der Waals surface area contributed by atoms with Crippen molar-refractivity contribution in [2.75, 3.05) is 12.3 Å². The van der Waals surface area contributed by atoms with Crippen LogP contribution in [-0.4, -0.2) is 17.8 Å². The van der Waals surface area contributed by atoms with Crippen LogP contribution in [0.25, 0.3) is 16.3 Å². The molecule has 0 saturated heterocycles. The quantitative estimate of drug-likeness (QED) is 0.437. The van der Waals surface area contributed by atoms with Crippen molar-refractivity contribution in [3.63, 3.8) is 0 Å². The molecule has 2 aromatic carbocycles. The van der Waals surface area contributed by atoms with Gasteiger partial charge in [0.05, 0.1) is 5.55 Å². The van der Waals surface area contributed by atoms with Gasteiger partial charge in [-0.15, -0.1) is 11.8 Å². The van der Waals surface area contributed by atoms with Crippen molar-refractivity contribution in [2.24, 2.45) is 4.99 Å². The largest absolute Gasteiger partial charge is 0.285 e. The molecule has 0 saturated carbocycles. The molecule has 122 valence electrons. The van der Waals surface area contributed by atoms with Crippen LogP contribution in [0.4, 0.5) is 0 Å². The molecule has 5 rings (SSSR count). The average Bonchev–Trinajstić information content (AvgIpc) is 3.21. The summed E-state index contributed by atoms with van der Waals surface area (Å²) in [4.78, 5) is 3.92. The Hall–Kier alpha value is -1.07. The van der Waals surface area contributed by atoms with E-state index >= 15 is 0 Å². The van der Waals surface area contributed by atoms with Gasteiger partial charge in [0, 0.05) is 15.9 Å². The van der Waals surface area contributed by atoms with E-state index in [0.29, 0.717) is 0 Å². The van der Waals surface area contributed by atoms with Crippen molar-refractivity contribution in [1.82, 2.24) is 0 Å². The third kappa shape index (κ3) is 3.33. The first-order valence-electron chi connectivity index (χ1n) is 8.53. The highest BCUT2D eigenvalue weighted by Crippen LogP contribution is 2.39. The molecule has 0 amide bonds. The van der Waals surface area contributed by atoms with E-state index < -0.39 is 0 Å². The molecule has 1 aliphatic heterocycles. The lowest BCUT2D eigenvalue weighted by Gasteiger charge is -2.25. The highest BCUT2D eigenvalue weighted by atomic mass is 127. The Morgan fingerprint density at radius 1 is 1.04 bits per heavy atom. The van der Waals surface area contributed by atoms with Crippen LogP contribution in [0.2, 0.25) is 0 Å². The molecule has 0 fully saturated rings.